The Labute approximate surface area is 163 Å². The molecule has 0 saturated heterocycles. The van der Waals surface area contributed by atoms with Gasteiger partial charge in [-0.15, -0.1) is 0 Å². The smallest absolute Gasteiger partial charge is 0.405 e. The molecule has 2 aromatic rings. The summed E-state index contributed by atoms with van der Waals surface area (Å²) < 4.78 is 0. The highest BCUT2D eigenvalue weighted by molar-refractivity contribution is 5.66. The molecular weight excluding hydrogens is 344 g/mol. The standard InChI is InChI=1S/C9H7N5.C5H9NO2.C5H10.3H2/c10-5-7-1-2-8(11-6-7)13-9-3-4-12-14-9;1-5(2-3-5)6-4(7)8;1-2-4-5-3-1;;;/h1-4,6H,(H2,11,12,13,14);6H,2-3H2,1H3,(H,7,8);1-5H2;3*1H. The number of aromatic nitrogens is 3. The first-order valence-corrected chi connectivity index (χ1v) is 9.14. The summed E-state index contributed by atoms with van der Waals surface area (Å²) in [5.41, 5.74) is 0.464. The van der Waals surface area contributed by atoms with E-state index in [-0.39, 0.29) is 9.82 Å². The molecule has 0 radical (unpaired) electrons. The topological polar surface area (TPSA) is 127 Å². The van der Waals surface area contributed by atoms with Crippen LogP contribution in [0.5, 0.6) is 0 Å². The first-order valence-electron chi connectivity index (χ1n) is 9.14. The minimum Gasteiger partial charge on any atom is -0.465 e. The van der Waals surface area contributed by atoms with Crippen molar-refractivity contribution in [3.63, 3.8) is 0 Å². The number of anilines is 2. The molecule has 0 unspecified atom stereocenters. The average molecular weight is 377 g/mol. The summed E-state index contributed by atoms with van der Waals surface area (Å²) in [6, 6.07) is 7.23. The third kappa shape index (κ3) is 8.23. The number of pyridine rings is 1. The normalized spacial score (nSPS) is 15.9. The lowest BCUT2D eigenvalue weighted by Crippen LogP contribution is -2.32. The molecule has 2 heterocycles. The van der Waals surface area contributed by atoms with Crippen LogP contribution in [0.15, 0.2) is 30.6 Å². The van der Waals surface area contributed by atoms with Gasteiger partial charge in [-0.2, -0.15) is 10.4 Å². The number of carbonyl (C=O) groups is 1. The maximum Gasteiger partial charge on any atom is 0.405 e. The molecule has 0 aromatic carbocycles. The summed E-state index contributed by atoms with van der Waals surface area (Å²) in [4.78, 5) is 14.0. The number of nitrogens with one attached hydrogen (secondary N) is 3. The molecule has 8 nitrogen and oxygen atoms in total. The fourth-order valence-corrected chi connectivity index (χ4v) is 2.45. The van der Waals surface area contributed by atoms with Crippen LogP contribution in [0.25, 0.3) is 0 Å². The molecule has 2 aliphatic rings. The molecule has 2 aliphatic carbocycles. The summed E-state index contributed by atoms with van der Waals surface area (Å²) in [5, 5.41) is 28.7. The van der Waals surface area contributed by atoms with Gasteiger partial charge in [0, 0.05) is 22.1 Å². The Kier molecular flexibility index (Phi) is 7.62. The molecule has 0 bridgehead atoms. The summed E-state index contributed by atoms with van der Waals surface area (Å²) in [7, 11) is 0. The summed E-state index contributed by atoms with van der Waals surface area (Å²) >= 11 is 0. The van der Waals surface area contributed by atoms with Crippen molar-refractivity contribution in [1.29, 1.82) is 5.26 Å². The summed E-state index contributed by atoms with van der Waals surface area (Å²) in [6.45, 7) is 1.90. The fourth-order valence-electron chi connectivity index (χ4n) is 2.45. The zero-order chi connectivity index (χ0) is 19.5. The Morgan fingerprint density at radius 1 is 1.26 bits per heavy atom. The van der Waals surface area contributed by atoms with E-state index < -0.39 is 6.09 Å². The predicted molar refractivity (Wildman–Crippen MR) is 109 cm³/mol. The van der Waals surface area contributed by atoms with Crippen molar-refractivity contribution in [2.24, 2.45) is 0 Å². The van der Waals surface area contributed by atoms with Crippen molar-refractivity contribution in [2.45, 2.75) is 57.4 Å². The Bertz CT molecular complexity index is 735. The van der Waals surface area contributed by atoms with Crippen LogP contribution in [0.1, 0.15) is 61.7 Å². The molecule has 0 atom stereocenters. The van der Waals surface area contributed by atoms with Gasteiger partial charge in [0.2, 0.25) is 0 Å². The van der Waals surface area contributed by atoms with Gasteiger partial charge >= 0.3 is 6.09 Å². The van der Waals surface area contributed by atoms with Crippen molar-refractivity contribution >= 4 is 17.7 Å². The first-order chi connectivity index (χ1) is 13.0. The van der Waals surface area contributed by atoms with Crippen LogP contribution < -0.4 is 10.6 Å². The maximum absolute atomic E-state index is 9.94. The van der Waals surface area contributed by atoms with Crippen LogP contribution >= 0.6 is 0 Å². The molecule has 0 aliphatic heterocycles. The van der Waals surface area contributed by atoms with Crippen LogP contribution in [-0.4, -0.2) is 31.9 Å². The van der Waals surface area contributed by atoms with Crippen LogP contribution in [0.4, 0.5) is 16.4 Å². The lowest BCUT2D eigenvalue weighted by atomic mass is 10.3. The summed E-state index contributed by atoms with van der Waals surface area (Å²) in [5.74, 6) is 1.44. The predicted octanol–water partition coefficient (Wildman–Crippen LogP) is 4.91. The lowest BCUT2D eigenvalue weighted by Gasteiger charge is -2.04. The van der Waals surface area contributed by atoms with E-state index in [0.717, 1.165) is 18.7 Å². The zero-order valence-electron chi connectivity index (χ0n) is 15.5. The van der Waals surface area contributed by atoms with Crippen molar-refractivity contribution in [3.8, 4) is 6.07 Å². The number of amides is 1. The number of carboxylic acid groups (broad SMARTS) is 1. The molecular formula is C19H32N6O2. The van der Waals surface area contributed by atoms with Gasteiger partial charge in [0.1, 0.15) is 17.7 Å². The van der Waals surface area contributed by atoms with E-state index in [4.69, 9.17) is 10.4 Å². The van der Waals surface area contributed by atoms with Gasteiger partial charge in [0.15, 0.2) is 0 Å². The monoisotopic (exact) mass is 376 g/mol. The Morgan fingerprint density at radius 2 is 1.93 bits per heavy atom. The van der Waals surface area contributed by atoms with E-state index in [9.17, 15) is 4.79 Å². The quantitative estimate of drug-likeness (QED) is 0.602. The van der Waals surface area contributed by atoms with E-state index in [1.165, 1.54) is 38.3 Å². The largest absolute Gasteiger partial charge is 0.465 e. The third-order valence-corrected chi connectivity index (χ3v) is 4.31. The van der Waals surface area contributed by atoms with Gasteiger partial charge in [-0.3, -0.25) is 5.10 Å². The molecule has 27 heavy (non-hydrogen) atoms. The number of H-pyrrole nitrogens is 1. The molecule has 2 saturated carbocycles. The summed E-state index contributed by atoms with van der Waals surface area (Å²) in [6.07, 6.45) is 11.7. The van der Waals surface area contributed by atoms with Gasteiger partial charge in [0.25, 0.3) is 0 Å². The lowest BCUT2D eigenvalue weighted by molar-refractivity contribution is 0.189. The van der Waals surface area contributed by atoms with Crippen molar-refractivity contribution in [3.05, 3.63) is 36.2 Å². The second-order valence-corrected chi connectivity index (χ2v) is 6.90. The van der Waals surface area contributed by atoms with Crippen molar-refractivity contribution in [1.82, 2.24) is 20.5 Å². The van der Waals surface area contributed by atoms with Crippen LogP contribution in [0.2, 0.25) is 0 Å². The maximum atomic E-state index is 9.94. The fraction of sp³-hybridized carbons (Fsp3) is 0.474. The number of hydrogen-bond acceptors (Lipinski definition) is 5. The molecule has 1 amide bonds. The van der Waals surface area contributed by atoms with Gasteiger partial charge in [0.05, 0.1) is 11.8 Å². The Hall–Kier alpha value is -3.08. The van der Waals surface area contributed by atoms with Crippen LogP contribution in [0.3, 0.4) is 0 Å². The Balaban J connectivity index is 0. The van der Waals surface area contributed by atoms with Gasteiger partial charge in [-0.25, -0.2) is 9.78 Å². The Morgan fingerprint density at radius 3 is 2.30 bits per heavy atom. The molecule has 4 rings (SSSR count). The number of nitrogens with zero attached hydrogens (tertiary/aromatic N) is 3. The van der Waals surface area contributed by atoms with Gasteiger partial charge < -0.3 is 15.7 Å². The molecule has 2 fully saturated rings. The van der Waals surface area contributed by atoms with Crippen LogP contribution in [-0.2, 0) is 0 Å². The second-order valence-electron chi connectivity index (χ2n) is 6.90. The average Bonchev–Trinajstić information content (AvgIpc) is 3.12. The SMILES string of the molecule is C1CCCC1.CC1(NC(=O)O)CC1.N#Cc1ccc(Nc2ccn[nH]2)nc1.[HH].[HH].[HH]. The molecule has 150 valence electrons. The van der Waals surface area contributed by atoms with Crippen LogP contribution in [0, 0.1) is 11.3 Å². The van der Waals surface area contributed by atoms with E-state index in [0.29, 0.717) is 11.4 Å². The highest BCUT2D eigenvalue weighted by Crippen LogP contribution is 2.33. The highest BCUT2D eigenvalue weighted by atomic mass is 16.4. The second kappa shape index (κ2) is 10.2. The number of aromatic amines is 1. The van der Waals surface area contributed by atoms with Crippen molar-refractivity contribution < 1.29 is 14.2 Å². The van der Waals surface area contributed by atoms with Crippen molar-refractivity contribution in [2.75, 3.05) is 5.32 Å². The number of hydrogen-bond donors (Lipinski definition) is 4. The van der Waals surface area contributed by atoms with Gasteiger partial charge in [-0.05, 0) is 31.9 Å². The van der Waals surface area contributed by atoms with E-state index in [1.54, 1.807) is 24.4 Å². The number of nitriles is 1. The molecule has 2 aromatic heterocycles. The van der Waals surface area contributed by atoms with Gasteiger partial charge in [-0.1, -0.05) is 32.1 Å². The van der Waals surface area contributed by atoms with E-state index >= 15 is 0 Å². The zero-order valence-corrected chi connectivity index (χ0v) is 15.5. The molecule has 0 spiro atoms. The minimum absolute atomic E-state index is 0. The highest BCUT2D eigenvalue weighted by Gasteiger charge is 2.38. The molecule has 4 N–H and O–H groups in total. The number of rotatable bonds is 3. The molecule has 8 heteroatoms. The minimum atomic E-state index is -0.912. The van der Waals surface area contributed by atoms with E-state index in [1.807, 2.05) is 13.0 Å². The first kappa shape index (κ1) is 20.2. The third-order valence-electron chi connectivity index (χ3n) is 4.31. The van der Waals surface area contributed by atoms with E-state index in [2.05, 4.69) is 25.8 Å².